The number of hydrogen-bond acceptors (Lipinski definition) is 3. The molecular weight excluding hydrogens is 497 g/mol. The second kappa shape index (κ2) is 10.8. The second-order valence-electron chi connectivity index (χ2n) is 10.2. The van der Waals surface area contributed by atoms with Gasteiger partial charge in [-0.2, -0.15) is 0 Å². The molecule has 0 aromatic heterocycles. The van der Waals surface area contributed by atoms with Crippen molar-refractivity contribution in [1.29, 1.82) is 0 Å². The van der Waals surface area contributed by atoms with Crippen LogP contribution in [0.1, 0.15) is 56.8 Å². The molecule has 192 valence electrons. The first-order chi connectivity index (χ1) is 17.1. The number of piperazine rings is 1. The Morgan fingerprint density at radius 1 is 1.06 bits per heavy atom. The summed E-state index contributed by atoms with van der Waals surface area (Å²) < 4.78 is 0. The van der Waals surface area contributed by atoms with E-state index in [0.717, 1.165) is 0 Å². The number of benzene rings is 2. The van der Waals surface area contributed by atoms with E-state index in [9.17, 15) is 14.4 Å². The van der Waals surface area contributed by atoms with Crippen molar-refractivity contribution < 1.29 is 14.4 Å². The predicted molar refractivity (Wildman–Crippen MR) is 142 cm³/mol. The number of halogens is 2. The molecule has 2 aromatic rings. The van der Waals surface area contributed by atoms with Gasteiger partial charge in [-0.3, -0.25) is 14.4 Å². The van der Waals surface area contributed by atoms with E-state index in [1.165, 1.54) is 16.0 Å². The van der Waals surface area contributed by atoms with Gasteiger partial charge in [0.25, 0.3) is 0 Å². The maximum atomic E-state index is 14.3. The lowest BCUT2D eigenvalue weighted by molar-refractivity contribution is -0.159. The summed E-state index contributed by atoms with van der Waals surface area (Å²) >= 11 is 12.5. The molecule has 2 N–H and O–H groups in total. The maximum Gasteiger partial charge on any atom is 0.247 e. The Balaban J connectivity index is 1.78. The molecule has 36 heavy (non-hydrogen) atoms. The molecule has 0 saturated carbocycles. The summed E-state index contributed by atoms with van der Waals surface area (Å²) in [5.74, 6) is -1.07. The molecule has 0 bridgehead atoms. The first-order valence-corrected chi connectivity index (χ1v) is 13.3. The molecule has 0 radical (unpaired) electrons. The van der Waals surface area contributed by atoms with E-state index < -0.39 is 18.1 Å². The van der Waals surface area contributed by atoms with Gasteiger partial charge in [0.2, 0.25) is 17.7 Å². The molecule has 4 rings (SSSR count). The highest BCUT2D eigenvalue weighted by molar-refractivity contribution is 6.42. The summed E-state index contributed by atoms with van der Waals surface area (Å²) in [6.45, 7) is 7.63. The molecule has 2 aliphatic rings. The van der Waals surface area contributed by atoms with Crippen LogP contribution in [-0.4, -0.2) is 40.7 Å². The van der Waals surface area contributed by atoms with E-state index in [2.05, 4.69) is 22.8 Å². The summed E-state index contributed by atoms with van der Waals surface area (Å²) in [5.41, 5.74) is 2.91. The van der Waals surface area contributed by atoms with Crippen LogP contribution in [0, 0.1) is 11.8 Å². The predicted octanol–water partition coefficient (Wildman–Crippen LogP) is 4.72. The molecule has 1 fully saturated rings. The van der Waals surface area contributed by atoms with Crippen molar-refractivity contribution in [2.45, 2.75) is 71.1 Å². The van der Waals surface area contributed by atoms with Crippen molar-refractivity contribution in [3.63, 3.8) is 0 Å². The molecule has 1 aliphatic heterocycles. The molecule has 6 nitrogen and oxygen atoms in total. The average Bonchev–Trinajstić information content (AvgIpc) is 3.26. The first-order valence-electron chi connectivity index (χ1n) is 12.6. The Morgan fingerprint density at radius 3 is 2.25 bits per heavy atom. The standard InChI is InChI=1S/C28H33Cl2N3O3/c1-5-16(4)24-26(34)32-23(20-12-17-8-6-7-9-18(17)13-20)28(36)33(24)25(27(35)31-15(2)3)19-10-11-21(29)22(30)14-19/h6-11,14-16,20,23-25H,5,12-13H2,1-4H3,(H,31,35)(H,32,34)/t16-,23?,24+,25+/m0/s1. The third-order valence-electron chi connectivity index (χ3n) is 7.34. The summed E-state index contributed by atoms with van der Waals surface area (Å²) in [6, 6.07) is 10.4. The maximum absolute atomic E-state index is 14.3. The largest absolute Gasteiger partial charge is 0.352 e. The Morgan fingerprint density at radius 2 is 1.69 bits per heavy atom. The number of nitrogens with one attached hydrogen (secondary N) is 2. The highest BCUT2D eigenvalue weighted by atomic mass is 35.5. The van der Waals surface area contributed by atoms with Gasteiger partial charge < -0.3 is 15.5 Å². The smallest absolute Gasteiger partial charge is 0.247 e. The van der Waals surface area contributed by atoms with Gasteiger partial charge in [0, 0.05) is 6.04 Å². The number of nitrogens with zero attached hydrogens (tertiary/aromatic N) is 1. The summed E-state index contributed by atoms with van der Waals surface area (Å²) in [4.78, 5) is 43.0. The zero-order valence-electron chi connectivity index (χ0n) is 21.1. The van der Waals surface area contributed by atoms with Crippen molar-refractivity contribution >= 4 is 40.9 Å². The van der Waals surface area contributed by atoms with Gasteiger partial charge in [0.05, 0.1) is 10.0 Å². The molecule has 8 heteroatoms. The third kappa shape index (κ3) is 5.12. The molecule has 0 spiro atoms. The minimum absolute atomic E-state index is 0.0816. The van der Waals surface area contributed by atoms with E-state index in [1.54, 1.807) is 18.2 Å². The Bertz CT molecular complexity index is 1140. The van der Waals surface area contributed by atoms with Crippen LogP contribution in [0.2, 0.25) is 10.0 Å². The van der Waals surface area contributed by atoms with Gasteiger partial charge in [0.15, 0.2) is 0 Å². The first kappa shape index (κ1) is 26.5. The van der Waals surface area contributed by atoms with Gasteiger partial charge in [-0.15, -0.1) is 0 Å². The fraction of sp³-hybridized carbons (Fsp3) is 0.464. The van der Waals surface area contributed by atoms with Crippen LogP contribution in [0.15, 0.2) is 42.5 Å². The van der Waals surface area contributed by atoms with Gasteiger partial charge in [-0.05, 0) is 67.3 Å². The fourth-order valence-corrected chi connectivity index (χ4v) is 5.71. The van der Waals surface area contributed by atoms with E-state index >= 15 is 0 Å². The minimum atomic E-state index is -1.02. The quantitative estimate of drug-likeness (QED) is 0.544. The van der Waals surface area contributed by atoms with Crippen molar-refractivity contribution in [1.82, 2.24) is 15.5 Å². The zero-order valence-corrected chi connectivity index (χ0v) is 22.6. The van der Waals surface area contributed by atoms with Crippen molar-refractivity contribution in [3.8, 4) is 0 Å². The van der Waals surface area contributed by atoms with Crippen molar-refractivity contribution in [2.75, 3.05) is 0 Å². The van der Waals surface area contributed by atoms with Crippen LogP contribution < -0.4 is 10.6 Å². The van der Waals surface area contributed by atoms with E-state index in [0.29, 0.717) is 29.8 Å². The van der Waals surface area contributed by atoms with Crippen LogP contribution in [0.3, 0.4) is 0 Å². The zero-order chi connectivity index (χ0) is 26.1. The van der Waals surface area contributed by atoms with Crippen LogP contribution in [0.5, 0.6) is 0 Å². The summed E-state index contributed by atoms with van der Waals surface area (Å²) in [7, 11) is 0. The Hall–Kier alpha value is -2.57. The van der Waals surface area contributed by atoms with Crippen LogP contribution >= 0.6 is 23.2 Å². The Labute approximate surface area is 222 Å². The van der Waals surface area contributed by atoms with Crippen LogP contribution in [0.25, 0.3) is 0 Å². The van der Waals surface area contributed by atoms with Gasteiger partial charge in [-0.1, -0.05) is 73.8 Å². The van der Waals surface area contributed by atoms with Gasteiger partial charge in [0.1, 0.15) is 18.1 Å². The van der Waals surface area contributed by atoms with Crippen molar-refractivity contribution in [3.05, 3.63) is 69.2 Å². The Kier molecular flexibility index (Phi) is 7.96. The van der Waals surface area contributed by atoms with E-state index in [-0.39, 0.29) is 40.6 Å². The molecule has 1 unspecified atom stereocenters. The SMILES string of the molecule is CC[C@H](C)[C@@H]1C(=O)NC(C2Cc3ccccc3C2)C(=O)N1[C@@H](C(=O)NC(C)C)c1ccc(Cl)c(Cl)c1. The molecule has 4 atom stereocenters. The normalized spacial score (nSPS) is 21.8. The summed E-state index contributed by atoms with van der Waals surface area (Å²) in [6.07, 6.45) is 2.07. The lowest BCUT2D eigenvalue weighted by atomic mass is 9.86. The number of rotatable bonds is 7. The number of hydrogen-bond donors (Lipinski definition) is 2. The molecular formula is C28H33Cl2N3O3. The molecule has 1 heterocycles. The molecule has 3 amide bonds. The third-order valence-corrected chi connectivity index (χ3v) is 8.08. The lowest BCUT2D eigenvalue weighted by Crippen LogP contribution is -2.68. The number of fused-ring (bicyclic) bond motifs is 1. The van der Waals surface area contributed by atoms with Gasteiger partial charge in [-0.25, -0.2) is 0 Å². The van der Waals surface area contributed by atoms with Crippen LogP contribution in [-0.2, 0) is 27.2 Å². The monoisotopic (exact) mass is 529 g/mol. The highest BCUT2D eigenvalue weighted by Gasteiger charge is 2.50. The molecule has 1 saturated heterocycles. The van der Waals surface area contributed by atoms with Crippen LogP contribution in [0.4, 0.5) is 0 Å². The number of carbonyl (C=O) groups is 3. The minimum Gasteiger partial charge on any atom is -0.352 e. The summed E-state index contributed by atoms with van der Waals surface area (Å²) in [5, 5.41) is 6.62. The number of carbonyl (C=O) groups excluding carboxylic acids is 3. The van der Waals surface area contributed by atoms with Gasteiger partial charge >= 0.3 is 0 Å². The van der Waals surface area contributed by atoms with Crippen molar-refractivity contribution in [2.24, 2.45) is 11.8 Å². The molecule has 2 aromatic carbocycles. The van der Waals surface area contributed by atoms with E-state index in [1.807, 2.05) is 39.8 Å². The lowest BCUT2D eigenvalue weighted by Gasteiger charge is -2.46. The topological polar surface area (TPSA) is 78.5 Å². The molecule has 1 aliphatic carbocycles. The number of amides is 3. The average molecular weight is 530 g/mol. The van der Waals surface area contributed by atoms with E-state index in [4.69, 9.17) is 23.2 Å². The fourth-order valence-electron chi connectivity index (χ4n) is 5.40. The second-order valence-corrected chi connectivity index (χ2v) is 11.1. The highest BCUT2D eigenvalue weighted by Crippen LogP contribution is 2.37.